The number of hydrogen-bond acceptors (Lipinski definition) is 3. The number of hydrogen-bond donors (Lipinski definition) is 1. The molecule has 80 valence electrons. The highest BCUT2D eigenvalue weighted by Gasteiger charge is 2.00. The Balaban J connectivity index is 2.40. The fourth-order valence-corrected chi connectivity index (χ4v) is 1.38. The molecule has 0 fully saturated rings. The van der Waals surface area contributed by atoms with Gasteiger partial charge in [-0.3, -0.25) is 0 Å². The lowest BCUT2D eigenvalue weighted by molar-refractivity contribution is 0.478. The SMILES string of the molecule is Cc1ccc(-c2nccc(/C=C/O)n2)cc1. The van der Waals surface area contributed by atoms with Gasteiger partial charge >= 0.3 is 0 Å². The van der Waals surface area contributed by atoms with Crippen molar-refractivity contribution < 1.29 is 5.11 Å². The van der Waals surface area contributed by atoms with Gasteiger partial charge in [-0.1, -0.05) is 29.8 Å². The maximum atomic E-state index is 8.68. The van der Waals surface area contributed by atoms with Gasteiger partial charge in [-0.25, -0.2) is 9.97 Å². The summed E-state index contributed by atoms with van der Waals surface area (Å²) in [7, 11) is 0. The Kier molecular flexibility index (Phi) is 2.96. The topological polar surface area (TPSA) is 46.0 Å². The molecule has 16 heavy (non-hydrogen) atoms. The molecular weight excluding hydrogens is 200 g/mol. The van der Waals surface area contributed by atoms with E-state index in [4.69, 9.17) is 5.11 Å². The van der Waals surface area contributed by atoms with Crippen LogP contribution in [0.2, 0.25) is 0 Å². The highest BCUT2D eigenvalue weighted by atomic mass is 16.2. The second-order valence-electron chi connectivity index (χ2n) is 3.49. The number of rotatable bonds is 2. The largest absolute Gasteiger partial charge is 0.516 e. The Morgan fingerprint density at radius 1 is 1.12 bits per heavy atom. The number of aromatic nitrogens is 2. The highest BCUT2D eigenvalue weighted by molar-refractivity contribution is 5.57. The van der Waals surface area contributed by atoms with Crippen molar-refractivity contribution in [1.82, 2.24) is 9.97 Å². The molecule has 0 atom stereocenters. The van der Waals surface area contributed by atoms with Gasteiger partial charge in [-0.05, 0) is 19.1 Å². The molecule has 2 aromatic rings. The lowest BCUT2D eigenvalue weighted by atomic mass is 10.1. The summed E-state index contributed by atoms with van der Waals surface area (Å²) in [5.41, 5.74) is 2.86. The lowest BCUT2D eigenvalue weighted by Gasteiger charge is -2.01. The summed E-state index contributed by atoms with van der Waals surface area (Å²) in [4.78, 5) is 8.50. The Morgan fingerprint density at radius 3 is 2.56 bits per heavy atom. The zero-order chi connectivity index (χ0) is 11.4. The zero-order valence-electron chi connectivity index (χ0n) is 8.96. The van der Waals surface area contributed by atoms with E-state index in [1.54, 1.807) is 12.3 Å². The molecule has 1 heterocycles. The molecule has 0 amide bonds. The van der Waals surface area contributed by atoms with E-state index in [0.29, 0.717) is 11.5 Å². The molecule has 0 spiro atoms. The van der Waals surface area contributed by atoms with E-state index in [0.717, 1.165) is 11.8 Å². The van der Waals surface area contributed by atoms with Crippen molar-refractivity contribution in [3.8, 4) is 11.4 Å². The number of benzene rings is 1. The first-order valence-corrected chi connectivity index (χ1v) is 5.00. The summed E-state index contributed by atoms with van der Waals surface area (Å²) in [6.45, 7) is 2.04. The first-order valence-electron chi connectivity index (χ1n) is 5.00. The Bertz CT molecular complexity index is 504. The number of aliphatic hydroxyl groups excluding tert-OH is 1. The minimum absolute atomic E-state index is 0.663. The van der Waals surface area contributed by atoms with E-state index in [2.05, 4.69) is 9.97 Å². The maximum Gasteiger partial charge on any atom is 0.159 e. The summed E-state index contributed by atoms with van der Waals surface area (Å²) in [5.74, 6) is 0.663. The highest BCUT2D eigenvalue weighted by Crippen LogP contribution is 2.15. The number of aliphatic hydroxyl groups is 1. The first-order chi connectivity index (χ1) is 7.79. The molecule has 0 aliphatic rings. The molecule has 0 saturated heterocycles. The number of aryl methyl sites for hydroxylation is 1. The third-order valence-corrected chi connectivity index (χ3v) is 2.23. The van der Waals surface area contributed by atoms with Gasteiger partial charge in [0.15, 0.2) is 5.82 Å². The normalized spacial score (nSPS) is 10.8. The second kappa shape index (κ2) is 4.57. The van der Waals surface area contributed by atoms with Crippen molar-refractivity contribution in [3.63, 3.8) is 0 Å². The standard InChI is InChI=1S/C13H12N2O/c1-10-2-4-11(5-3-10)13-14-8-6-12(15-13)7-9-16/h2-9,16H,1H3/b9-7+. The summed E-state index contributed by atoms with van der Waals surface area (Å²) in [6.07, 6.45) is 4.18. The van der Waals surface area contributed by atoms with Crippen LogP contribution < -0.4 is 0 Å². The summed E-state index contributed by atoms with van der Waals surface area (Å²) in [5, 5.41) is 8.68. The van der Waals surface area contributed by atoms with E-state index in [9.17, 15) is 0 Å². The molecule has 1 N–H and O–H groups in total. The Labute approximate surface area is 94.1 Å². The number of nitrogens with zero attached hydrogens (tertiary/aromatic N) is 2. The molecule has 3 nitrogen and oxygen atoms in total. The van der Waals surface area contributed by atoms with Gasteiger partial charge in [-0.2, -0.15) is 0 Å². The van der Waals surface area contributed by atoms with Gasteiger partial charge in [0.25, 0.3) is 0 Å². The summed E-state index contributed by atoms with van der Waals surface area (Å²) < 4.78 is 0. The molecule has 2 rings (SSSR count). The smallest absolute Gasteiger partial charge is 0.159 e. The van der Waals surface area contributed by atoms with Crippen LogP contribution in [-0.2, 0) is 0 Å². The van der Waals surface area contributed by atoms with Crippen molar-refractivity contribution in [1.29, 1.82) is 0 Å². The van der Waals surface area contributed by atoms with E-state index in [1.807, 2.05) is 31.2 Å². The van der Waals surface area contributed by atoms with Crippen LogP contribution in [0.1, 0.15) is 11.3 Å². The third kappa shape index (κ3) is 2.25. The third-order valence-electron chi connectivity index (χ3n) is 2.23. The van der Waals surface area contributed by atoms with Crippen molar-refractivity contribution >= 4 is 6.08 Å². The first kappa shape index (κ1) is 10.4. The monoisotopic (exact) mass is 212 g/mol. The quantitative estimate of drug-likeness (QED) is 0.778. The molecule has 3 heteroatoms. The van der Waals surface area contributed by atoms with Gasteiger partial charge in [0.1, 0.15) is 0 Å². The van der Waals surface area contributed by atoms with E-state index >= 15 is 0 Å². The van der Waals surface area contributed by atoms with Crippen LogP contribution in [0.4, 0.5) is 0 Å². The molecule has 0 aliphatic heterocycles. The molecule has 0 bridgehead atoms. The van der Waals surface area contributed by atoms with Crippen LogP contribution in [0.15, 0.2) is 42.8 Å². The summed E-state index contributed by atoms with van der Waals surface area (Å²) in [6, 6.07) is 9.75. The average Bonchev–Trinajstić information content (AvgIpc) is 2.31. The van der Waals surface area contributed by atoms with Crippen molar-refractivity contribution in [2.75, 3.05) is 0 Å². The van der Waals surface area contributed by atoms with Gasteiger partial charge in [0, 0.05) is 11.8 Å². The molecule has 0 unspecified atom stereocenters. The van der Waals surface area contributed by atoms with Crippen LogP contribution in [0, 0.1) is 6.92 Å². The Hall–Kier alpha value is -2.16. The summed E-state index contributed by atoms with van der Waals surface area (Å²) >= 11 is 0. The molecular formula is C13H12N2O. The minimum Gasteiger partial charge on any atom is -0.516 e. The van der Waals surface area contributed by atoms with Crippen LogP contribution >= 0.6 is 0 Å². The second-order valence-corrected chi connectivity index (χ2v) is 3.49. The van der Waals surface area contributed by atoms with Gasteiger partial charge in [-0.15, -0.1) is 0 Å². The van der Waals surface area contributed by atoms with Gasteiger partial charge < -0.3 is 5.11 Å². The van der Waals surface area contributed by atoms with E-state index in [-0.39, 0.29) is 0 Å². The van der Waals surface area contributed by atoms with Crippen molar-refractivity contribution in [2.45, 2.75) is 6.92 Å². The predicted molar refractivity (Wildman–Crippen MR) is 63.9 cm³/mol. The molecule has 0 aliphatic carbocycles. The van der Waals surface area contributed by atoms with Crippen molar-refractivity contribution in [2.24, 2.45) is 0 Å². The maximum absolute atomic E-state index is 8.68. The van der Waals surface area contributed by atoms with E-state index < -0.39 is 0 Å². The van der Waals surface area contributed by atoms with Crippen LogP contribution in [0.25, 0.3) is 17.5 Å². The van der Waals surface area contributed by atoms with Gasteiger partial charge in [0.05, 0.1) is 12.0 Å². The van der Waals surface area contributed by atoms with Gasteiger partial charge in [0.2, 0.25) is 0 Å². The van der Waals surface area contributed by atoms with Crippen molar-refractivity contribution in [3.05, 3.63) is 54.0 Å². The van der Waals surface area contributed by atoms with Crippen LogP contribution in [0.3, 0.4) is 0 Å². The minimum atomic E-state index is 0.663. The fraction of sp³-hybridized carbons (Fsp3) is 0.0769. The van der Waals surface area contributed by atoms with Crippen LogP contribution in [-0.4, -0.2) is 15.1 Å². The molecule has 1 aromatic heterocycles. The zero-order valence-corrected chi connectivity index (χ0v) is 8.96. The molecule has 0 saturated carbocycles. The molecule has 0 radical (unpaired) electrons. The average molecular weight is 212 g/mol. The lowest BCUT2D eigenvalue weighted by Crippen LogP contribution is -1.90. The molecule has 1 aromatic carbocycles. The predicted octanol–water partition coefficient (Wildman–Crippen LogP) is 2.98. The fourth-order valence-electron chi connectivity index (χ4n) is 1.38. The van der Waals surface area contributed by atoms with E-state index in [1.165, 1.54) is 11.6 Å². The Morgan fingerprint density at radius 2 is 1.88 bits per heavy atom. The van der Waals surface area contributed by atoms with Crippen LogP contribution in [0.5, 0.6) is 0 Å².